The highest BCUT2D eigenvalue weighted by Gasteiger charge is 2.08. The van der Waals surface area contributed by atoms with Gasteiger partial charge in [-0.3, -0.25) is 4.79 Å². The van der Waals surface area contributed by atoms with E-state index in [2.05, 4.69) is 11.1 Å². The van der Waals surface area contributed by atoms with Gasteiger partial charge in [0.1, 0.15) is 6.07 Å². The molecule has 1 aromatic carbocycles. The number of aliphatic carboxylic acids is 1. The standard InChI is InChI=1S/C12H10N2O2/c13-6-8-2-1-3-10-9(4-5-11(15)16)7-14-12(8)10/h1-3,7,14H,4-5H2,(H,15,16). The summed E-state index contributed by atoms with van der Waals surface area (Å²) in [6.45, 7) is 0. The number of rotatable bonds is 3. The molecule has 0 atom stereocenters. The molecule has 0 aliphatic carbocycles. The summed E-state index contributed by atoms with van der Waals surface area (Å²) in [4.78, 5) is 13.5. The third-order valence-corrected chi connectivity index (χ3v) is 2.53. The second-order valence-electron chi connectivity index (χ2n) is 3.55. The SMILES string of the molecule is N#Cc1cccc2c(CCC(=O)O)c[nH]c12. The molecule has 0 bridgehead atoms. The third-order valence-electron chi connectivity index (χ3n) is 2.53. The first kappa shape index (κ1) is 10.2. The molecule has 0 amide bonds. The number of carboxylic acid groups (broad SMARTS) is 1. The van der Waals surface area contributed by atoms with Crippen molar-refractivity contribution >= 4 is 16.9 Å². The van der Waals surface area contributed by atoms with Gasteiger partial charge in [-0.25, -0.2) is 0 Å². The average Bonchev–Trinajstić information content (AvgIpc) is 2.69. The van der Waals surface area contributed by atoms with Crippen LogP contribution in [0.25, 0.3) is 10.9 Å². The number of carboxylic acids is 1. The van der Waals surface area contributed by atoms with Crippen LogP contribution < -0.4 is 0 Å². The van der Waals surface area contributed by atoms with Crippen LogP contribution in [0.4, 0.5) is 0 Å². The number of benzene rings is 1. The fourth-order valence-electron chi connectivity index (χ4n) is 1.75. The van der Waals surface area contributed by atoms with E-state index in [1.807, 2.05) is 6.07 Å². The van der Waals surface area contributed by atoms with Crippen molar-refractivity contribution in [3.8, 4) is 6.07 Å². The zero-order chi connectivity index (χ0) is 11.5. The summed E-state index contributed by atoms with van der Waals surface area (Å²) in [5, 5.41) is 18.5. The summed E-state index contributed by atoms with van der Waals surface area (Å²) in [7, 11) is 0. The molecule has 0 aliphatic rings. The number of carbonyl (C=O) groups is 1. The molecule has 4 heteroatoms. The van der Waals surface area contributed by atoms with E-state index in [4.69, 9.17) is 10.4 Å². The Bertz CT molecular complexity index is 578. The van der Waals surface area contributed by atoms with E-state index < -0.39 is 5.97 Å². The van der Waals surface area contributed by atoms with Crippen LogP contribution in [0.5, 0.6) is 0 Å². The van der Waals surface area contributed by atoms with Crippen molar-refractivity contribution in [1.29, 1.82) is 5.26 Å². The lowest BCUT2D eigenvalue weighted by atomic mass is 10.1. The third kappa shape index (κ3) is 1.75. The molecular weight excluding hydrogens is 204 g/mol. The molecule has 80 valence electrons. The van der Waals surface area contributed by atoms with Crippen LogP contribution in [-0.2, 0) is 11.2 Å². The number of nitrogens with zero attached hydrogens (tertiary/aromatic N) is 1. The van der Waals surface area contributed by atoms with Crippen LogP contribution in [0, 0.1) is 11.3 Å². The van der Waals surface area contributed by atoms with Crippen molar-refractivity contribution in [3.05, 3.63) is 35.5 Å². The average molecular weight is 214 g/mol. The number of nitrogens with one attached hydrogen (secondary N) is 1. The van der Waals surface area contributed by atoms with Crippen LogP contribution in [0.2, 0.25) is 0 Å². The van der Waals surface area contributed by atoms with Crippen molar-refractivity contribution < 1.29 is 9.90 Å². The van der Waals surface area contributed by atoms with Crippen LogP contribution >= 0.6 is 0 Å². The fourth-order valence-corrected chi connectivity index (χ4v) is 1.75. The highest BCUT2D eigenvalue weighted by molar-refractivity contribution is 5.88. The summed E-state index contributed by atoms with van der Waals surface area (Å²) in [5.74, 6) is -0.814. The monoisotopic (exact) mass is 214 g/mol. The van der Waals surface area contributed by atoms with Gasteiger partial charge in [0.05, 0.1) is 11.1 Å². The first-order valence-electron chi connectivity index (χ1n) is 4.93. The molecule has 0 saturated carbocycles. The number of aromatic nitrogens is 1. The summed E-state index contributed by atoms with van der Waals surface area (Å²) >= 11 is 0. The number of hydrogen-bond acceptors (Lipinski definition) is 2. The van der Waals surface area contributed by atoms with Gasteiger partial charge in [-0.1, -0.05) is 12.1 Å². The summed E-state index contributed by atoms with van der Waals surface area (Å²) in [6.07, 6.45) is 2.35. The van der Waals surface area contributed by atoms with Gasteiger partial charge < -0.3 is 10.1 Å². The second kappa shape index (κ2) is 4.07. The highest BCUT2D eigenvalue weighted by atomic mass is 16.4. The number of para-hydroxylation sites is 1. The summed E-state index contributed by atoms with van der Waals surface area (Å²) in [6, 6.07) is 7.53. The second-order valence-corrected chi connectivity index (χ2v) is 3.55. The molecule has 2 N–H and O–H groups in total. The molecule has 0 unspecified atom stereocenters. The van der Waals surface area contributed by atoms with Gasteiger partial charge in [0.25, 0.3) is 0 Å². The molecule has 0 fully saturated rings. The van der Waals surface area contributed by atoms with Gasteiger partial charge >= 0.3 is 5.97 Å². The normalized spacial score (nSPS) is 10.2. The lowest BCUT2D eigenvalue weighted by Gasteiger charge is -1.96. The Kier molecular flexibility index (Phi) is 2.61. The van der Waals surface area contributed by atoms with Crippen LogP contribution in [0.15, 0.2) is 24.4 Å². The molecule has 4 nitrogen and oxygen atoms in total. The molecule has 0 radical (unpaired) electrons. The quantitative estimate of drug-likeness (QED) is 0.820. The minimum atomic E-state index is -0.814. The van der Waals surface area contributed by atoms with Crippen molar-refractivity contribution in [2.75, 3.05) is 0 Å². The number of aryl methyl sites for hydroxylation is 1. The Morgan fingerprint density at radius 3 is 3.00 bits per heavy atom. The molecule has 2 aromatic rings. The Morgan fingerprint density at radius 1 is 1.50 bits per heavy atom. The van der Waals surface area contributed by atoms with Gasteiger partial charge in [0, 0.05) is 18.0 Å². The lowest BCUT2D eigenvalue weighted by Crippen LogP contribution is -1.96. The predicted octanol–water partition coefficient (Wildman–Crippen LogP) is 2.06. The summed E-state index contributed by atoms with van der Waals surface area (Å²) < 4.78 is 0. The zero-order valence-electron chi connectivity index (χ0n) is 8.53. The molecule has 0 saturated heterocycles. The Morgan fingerprint density at radius 2 is 2.31 bits per heavy atom. The van der Waals surface area contributed by atoms with E-state index in [0.29, 0.717) is 12.0 Å². The lowest BCUT2D eigenvalue weighted by molar-refractivity contribution is -0.136. The molecule has 1 aromatic heterocycles. The van der Waals surface area contributed by atoms with E-state index in [1.54, 1.807) is 18.3 Å². The largest absolute Gasteiger partial charge is 0.481 e. The van der Waals surface area contributed by atoms with E-state index in [0.717, 1.165) is 16.5 Å². The number of fused-ring (bicyclic) bond motifs is 1. The van der Waals surface area contributed by atoms with E-state index in [1.165, 1.54) is 0 Å². The maximum atomic E-state index is 10.5. The van der Waals surface area contributed by atoms with Crippen LogP contribution in [0.3, 0.4) is 0 Å². The Hall–Kier alpha value is -2.28. The molecule has 1 heterocycles. The number of hydrogen-bond donors (Lipinski definition) is 2. The number of H-pyrrole nitrogens is 1. The Labute approximate surface area is 92.1 Å². The number of aromatic amines is 1. The fraction of sp³-hybridized carbons (Fsp3) is 0.167. The van der Waals surface area contributed by atoms with Crippen LogP contribution in [-0.4, -0.2) is 16.1 Å². The molecular formula is C12H10N2O2. The molecule has 2 rings (SSSR count). The molecule has 0 aliphatic heterocycles. The highest BCUT2D eigenvalue weighted by Crippen LogP contribution is 2.22. The first-order chi connectivity index (χ1) is 7.72. The van der Waals surface area contributed by atoms with Gasteiger partial charge in [-0.05, 0) is 18.1 Å². The smallest absolute Gasteiger partial charge is 0.303 e. The van der Waals surface area contributed by atoms with Crippen molar-refractivity contribution in [2.24, 2.45) is 0 Å². The van der Waals surface area contributed by atoms with E-state index >= 15 is 0 Å². The maximum Gasteiger partial charge on any atom is 0.303 e. The van der Waals surface area contributed by atoms with Gasteiger partial charge in [0.15, 0.2) is 0 Å². The molecule has 16 heavy (non-hydrogen) atoms. The zero-order valence-corrected chi connectivity index (χ0v) is 8.53. The predicted molar refractivity (Wildman–Crippen MR) is 59.0 cm³/mol. The van der Waals surface area contributed by atoms with E-state index in [9.17, 15) is 4.79 Å². The number of nitriles is 1. The van der Waals surface area contributed by atoms with Gasteiger partial charge in [0.2, 0.25) is 0 Å². The van der Waals surface area contributed by atoms with Gasteiger partial charge in [-0.15, -0.1) is 0 Å². The Balaban J connectivity index is 2.42. The maximum absolute atomic E-state index is 10.5. The minimum absolute atomic E-state index is 0.101. The van der Waals surface area contributed by atoms with Crippen molar-refractivity contribution in [1.82, 2.24) is 4.98 Å². The molecule has 0 spiro atoms. The topological polar surface area (TPSA) is 76.9 Å². The van der Waals surface area contributed by atoms with Gasteiger partial charge in [-0.2, -0.15) is 5.26 Å². The van der Waals surface area contributed by atoms with E-state index in [-0.39, 0.29) is 6.42 Å². The van der Waals surface area contributed by atoms with Crippen molar-refractivity contribution in [3.63, 3.8) is 0 Å². The first-order valence-corrected chi connectivity index (χ1v) is 4.93. The van der Waals surface area contributed by atoms with Crippen molar-refractivity contribution in [2.45, 2.75) is 12.8 Å². The minimum Gasteiger partial charge on any atom is -0.481 e. The van der Waals surface area contributed by atoms with Crippen LogP contribution in [0.1, 0.15) is 17.5 Å². The summed E-state index contributed by atoms with van der Waals surface area (Å²) in [5.41, 5.74) is 2.30.